The lowest BCUT2D eigenvalue weighted by Gasteiger charge is -2.02. The Morgan fingerprint density at radius 1 is 1.43 bits per heavy atom. The van der Waals surface area contributed by atoms with E-state index in [1.165, 1.54) is 0 Å². The number of aromatic nitrogens is 3. The third kappa shape index (κ3) is 2.99. The molecule has 0 atom stereocenters. The van der Waals surface area contributed by atoms with Gasteiger partial charge in [0.1, 0.15) is 5.69 Å². The van der Waals surface area contributed by atoms with Crippen LogP contribution in [0.25, 0.3) is 11.6 Å². The van der Waals surface area contributed by atoms with Crippen molar-refractivity contribution in [1.29, 1.82) is 0 Å². The monoisotopic (exact) mass is 291 g/mol. The fraction of sp³-hybridized carbons (Fsp3) is 0.533. The van der Waals surface area contributed by atoms with Crippen molar-refractivity contribution in [2.45, 2.75) is 40.0 Å². The third-order valence-corrected chi connectivity index (χ3v) is 3.17. The first-order chi connectivity index (χ1) is 9.97. The Morgan fingerprint density at radius 3 is 2.67 bits per heavy atom. The molecule has 0 unspecified atom stereocenters. The molecule has 0 saturated carbocycles. The van der Waals surface area contributed by atoms with Crippen LogP contribution in [0.3, 0.4) is 0 Å². The summed E-state index contributed by atoms with van der Waals surface area (Å²) in [4.78, 5) is 16.4. The van der Waals surface area contributed by atoms with Gasteiger partial charge in [0, 0.05) is 7.05 Å². The SMILES string of the molecule is CCOC(=O)c1oc(-c2cc(CC)nn2C)nc1C(C)C. The molecule has 0 fully saturated rings. The van der Waals surface area contributed by atoms with Gasteiger partial charge < -0.3 is 9.15 Å². The second-order valence-corrected chi connectivity index (χ2v) is 5.11. The number of rotatable bonds is 5. The van der Waals surface area contributed by atoms with E-state index in [9.17, 15) is 4.79 Å². The lowest BCUT2D eigenvalue weighted by atomic mass is 10.1. The van der Waals surface area contributed by atoms with E-state index in [0.717, 1.165) is 17.8 Å². The molecule has 0 N–H and O–H groups in total. The number of hydrogen-bond donors (Lipinski definition) is 0. The van der Waals surface area contributed by atoms with Gasteiger partial charge in [0.05, 0.1) is 18.0 Å². The Morgan fingerprint density at radius 2 is 2.14 bits per heavy atom. The summed E-state index contributed by atoms with van der Waals surface area (Å²) < 4.78 is 12.4. The summed E-state index contributed by atoms with van der Waals surface area (Å²) in [6.07, 6.45) is 0.830. The molecule has 114 valence electrons. The number of hydrogen-bond acceptors (Lipinski definition) is 5. The van der Waals surface area contributed by atoms with Gasteiger partial charge in [0.2, 0.25) is 11.7 Å². The van der Waals surface area contributed by atoms with E-state index in [4.69, 9.17) is 9.15 Å². The molecule has 0 saturated heterocycles. The van der Waals surface area contributed by atoms with E-state index in [0.29, 0.717) is 18.2 Å². The predicted molar refractivity (Wildman–Crippen MR) is 78.1 cm³/mol. The molecule has 0 aliphatic heterocycles. The zero-order valence-corrected chi connectivity index (χ0v) is 13.1. The molecule has 6 nitrogen and oxygen atoms in total. The van der Waals surface area contributed by atoms with Crippen molar-refractivity contribution in [1.82, 2.24) is 14.8 Å². The Kier molecular flexibility index (Phi) is 4.45. The molecule has 0 amide bonds. The van der Waals surface area contributed by atoms with Crippen molar-refractivity contribution in [2.75, 3.05) is 6.61 Å². The highest BCUT2D eigenvalue weighted by molar-refractivity contribution is 5.88. The number of aryl methyl sites for hydroxylation is 2. The summed E-state index contributed by atoms with van der Waals surface area (Å²) in [5.74, 6) is 0.177. The van der Waals surface area contributed by atoms with Crippen LogP contribution in [-0.4, -0.2) is 27.3 Å². The minimum absolute atomic E-state index is 0.0702. The van der Waals surface area contributed by atoms with Crippen LogP contribution in [0.2, 0.25) is 0 Å². The molecule has 0 spiro atoms. The van der Waals surface area contributed by atoms with Gasteiger partial charge in [-0.1, -0.05) is 20.8 Å². The zero-order valence-electron chi connectivity index (χ0n) is 13.1. The fourth-order valence-electron chi connectivity index (χ4n) is 2.08. The maximum absolute atomic E-state index is 12.0. The van der Waals surface area contributed by atoms with Crippen LogP contribution in [0, 0.1) is 0 Å². The smallest absolute Gasteiger partial charge is 0.376 e. The lowest BCUT2D eigenvalue weighted by molar-refractivity contribution is 0.0488. The summed E-state index contributed by atoms with van der Waals surface area (Å²) in [5.41, 5.74) is 2.32. The van der Waals surface area contributed by atoms with Gasteiger partial charge in [0.15, 0.2) is 0 Å². The van der Waals surface area contributed by atoms with Crippen LogP contribution in [-0.2, 0) is 18.2 Å². The molecule has 2 rings (SSSR count). The number of oxazole rings is 1. The molecule has 2 aromatic heterocycles. The summed E-state index contributed by atoms with van der Waals surface area (Å²) in [6, 6.07) is 1.92. The van der Waals surface area contributed by atoms with Crippen molar-refractivity contribution < 1.29 is 13.9 Å². The topological polar surface area (TPSA) is 70.2 Å². The Hall–Kier alpha value is -2.11. The molecule has 2 aromatic rings. The standard InChI is InChI=1S/C15H21N3O3/c1-6-10-8-11(18(5)17-10)14-16-12(9(3)4)13(21-14)15(19)20-7-2/h8-9H,6-7H2,1-5H3. The normalized spacial score (nSPS) is 11.1. The first-order valence-corrected chi connectivity index (χ1v) is 7.19. The Bertz CT molecular complexity index is 641. The van der Waals surface area contributed by atoms with Gasteiger partial charge in [-0.15, -0.1) is 0 Å². The number of ether oxygens (including phenoxy) is 1. The number of nitrogens with zero attached hydrogens (tertiary/aromatic N) is 3. The number of carbonyl (C=O) groups is 1. The number of carbonyl (C=O) groups excluding carboxylic acids is 1. The maximum Gasteiger partial charge on any atom is 0.376 e. The van der Waals surface area contributed by atoms with Gasteiger partial charge in [-0.05, 0) is 25.3 Å². The van der Waals surface area contributed by atoms with Crippen molar-refractivity contribution in [3.63, 3.8) is 0 Å². The molecule has 0 bridgehead atoms. The van der Waals surface area contributed by atoms with E-state index < -0.39 is 5.97 Å². The molecule has 2 heterocycles. The molecular formula is C15H21N3O3. The van der Waals surface area contributed by atoms with E-state index in [-0.39, 0.29) is 11.7 Å². The Labute approximate surface area is 124 Å². The second-order valence-electron chi connectivity index (χ2n) is 5.11. The molecule has 0 aliphatic carbocycles. The van der Waals surface area contributed by atoms with Crippen LogP contribution in [0.1, 0.15) is 55.6 Å². The van der Waals surface area contributed by atoms with E-state index in [1.807, 2.05) is 33.9 Å². The molecular weight excluding hydrogens is 270 g/mol. The summed E-state index contributed by atoms with van der Waals surface area (Å²) >= 11 is 0. The van der Waals surface area contributed by atoms with Gasteiger partial charge in [-0.3, -0.25) is 4.68 Å². The van der Waals surface area contributed by atoms with Crippen LogP contribution in [0.15, 0.2) is 10.5 Å². The highest BCUT2D eigenvalue weighted by Gasteiger charge is 2.25. The van der Waals surface area contributed by atoms with Crippen LogP contribution in [0.4, 0.5) is 0 Å². The zero-order chi connectivity index (χ0) is 15.6. The van der Waals surface area contributed by atoms with Crippen molar-refractivity contribution in [3.8, 4) is 11.6 Å². The molecule has 0 aliphatic rings. The highest BCUT2D eigenvalue weighted by atomic mass is 16.5. The van der Waals surface area contributed by atoms with Gasteiger partial charge in [-0.25, -0.2) is 9.78 Å². The average Bonchev–Trinajstić information content (AvgIpc) is 3.02. The van der Waals surface area contributed by atoms with E-state index in [1.54, 1.807) is 11.6 Å². The molecule has 0 aromatic carbocycles. The predicted octanol–water partition coefficient (Wildman–Crippen LogP) is 2.94. The lowest BCUT2D eigenvalue weighted by Crippen LogP contribution is -2.07. The molecule has 6 heteroatoms. The van der Waals surface area contributed by atoms with Crippen molar-refractivity contribution in [2.24, 2.45) is 7.05 Å². The second kappa shape index (κ2) is 6.11. The largest absolute Gasteiger partial charge is 0.460 e. The van der Waals surface area contributed by atoms with Crippen molar-refractivity contribution in [3.05, 3.63) is 23.2 Å². The van der Waals surface area contributed by atoms with E-state index in [2.05, 4.69) is 10.1 Å². The first kappa shape index (κ1) is 15.3. The van der Waals surface area contributed by atoms with Gasteiger partial charge in [-0.2, -0.15) is 5.10 Å². The quantitative estimate of drug-likeness (QED) is 0.792. The van der Waals surface area contributed by atoms with Crippen LogP contribution in [0.5, 0.6) is 0 Å². The fourth-order valence-corrected chi connectivity index (χ4v) is 2.08. The number of esters is 1. The van der Waals surface area contributed by atoms with Crippen LogP contribution < -0.4 is 0 Å². The average molecular weight is 291 g/mol. The minimum Gasteiger partial charge on any atom is -0.460 e. The van der Waals surface area contributed by atoms with Gasteiger partial charge >= 0.3 is 5.97 Å². The molecule has 21 heavy (non-hydrogen) atoms. The summed E-state index contributed by atoms with van der Waals surface area (Å²) in [6.45, 7) is 8.03. The van der Waals surface area contributed by atoms with Crippen LogP contribution >= 0.6 is 0 Å². The Balaban J connectivity index is 2.48. The van der Waals surface area contributed by atoms with Gasteiger partial charge in [0.25, 0.3) is 0 Å². The first-order valence-electron chi connectivity index (χ1n) is 7.19. The maximum atomic E-state index is 12.0. The minimum atomic E-state index is -0.474. The summed E-state index contributed by atoms with van der Waals surface area (Å²) in [7, 11) is 1.83. The van der Waals surface area contributed by atoms with Crippen molar-refractivity contribution >= 4 is 5.97 Å². The molecule has 0 radical (unpaired) electrons. The highest BCUT2D eigenvalue weighted by Crippen LogP contribution is 2.27. The van der Waals surface area contributed by atoms with E-state index >= 15 is 0 Å². The third-order valence-electron chi connectivity index (χ3n) is 3.17. The summed E-state index contributed by atoms with van der Waals surface area (Å²) in [5, 5.41) is 4.37.